The van der Waals surface area contributed by atoms with Gasteiger partial charge in [-0.3, -0.25) is 9.59 Å². The quantitative estimate of drug-likeness (QED) is 0.0211. The Labute approximate surface area is 395 Å². The van der Waals surface area contributed by atoms with Crippen LogP contribution in [0, 0.1) is 0 Å². The van der Waals surface area contributed by atoms with E-state index in [4.69, 9.17) is 18.9 Å². The number of carboxylic acids is 1. The summed E-state index contributed by atoms with van der Waals surface area (Å²) in [6, 6.07) is 0. The van der Waals surface area contributed by atoms with Gasteiger partial charge in [-0.15, -0.1) is 0 Å². The van der Waals surface area contributed by atoms with Crippen molar-refractivity contribution in [2.24, 2.45) is 0 Å². The minimum atomic E-state index is -1.51. The number of likely N-dealkylation sites (N-methyl/N-ethyl adjacent to an activating group) is 1. The van der Waals surface area contributed by atoms with E-state index in [2.05, 4.69) is 38.2 Å². The Morgan fingerprint density at radius 1 is 0.469 bits per heavy atom. The van der Waals surface area contributed by atoms with Crippen LogP contribution in [-0.2, 0) is 33.3 Å². The number of hydrogen-bond acceptors (Lipinski definition) is 7. The summed E-state index contributed by atoms with van der Waals surface area (Å²) in [6.07, 6.45) is 51.0. The van der Waals surface area contributed by atoms with Gasteiger partial charge in [-0.25, -0.2) is 4.79 Å². The van der Waals surface area contributed by atoms with E-state index in [1.807, 2.05) is 21.1 Å². The molecule has 1 N–H and O–H groups in total. The first-order valence-electron chi connectivity index (χ1n) is 27.0. The lowest BCUT2D eigenvalue weighted by molar-refractivity contribution is -0.870. The van der Waals surface area contributed by atoms with E-state index in [-0.39, 0.29) is 32.2 Å². The van der Waals surface area contributed by atoms with Crippen LogP contribution < -0.4 is 0 Å². The first-order valence-corrected chi connectivity index (χ1v) is 27.0. The van der Waals surface area contributed by atoms with Crippen molar-refractivity contribution in [1.82, 2.24) is 0 Å². The molecule has 0 spiro atoms. The van der Waals surface area contributed by atoms with Crippen molar-refractivity contribution in [3.63, 3.8) is 0 Å². The van der Waals surface area contributed by atoms with Crippen molar-refractivity contribution in [1.29, 1.82) is 0 Å². The van der Waals surface area contributed by atoms with E-state index in [0.717, 1.165) is 51.4 Å². The maximum absolute atomic E-state index is 12.8. The molecule has 0 saturated carbocycles. The highest BCUT2D eigenvalue weighted by Gasteiger charge is 2.25. The van der Waals surface area contributed by atoms with E-state index in [1.165, 1.54) is 167 Å². The Morgan fingerprint density at radius 2 is 0.844 bits per heavy atom. The molecule has 0 heterocycles. The first kappa shape index (κ1) is 61.8. The lowest BCUT2D eigenvalue weighted by Crippen LogP contribution is -2.40. The molecule has 0 aromatic carbocycles. The highest BCUT2D eigenvalue weighted by Crippen LogP contribution is 2.17. The molecule has 64 heavy (non-hydrogen) atoms. The van der Waals surface area contributed by atoms with Gasteiger partial charge in [0.05, 0.1) is 34.4 Å². The standard InChI is InChI=1S/C55H103NO8/c1-6-8-10-12-14-16-18-20-22-24-25-26-27-28-30-31-33-35-37-39-41-43-45-52(57)62-49-51(50-63-55(54(59)60)61-48-47-56(3,4)5)64-53(58)46-44-42-40-38-36-34-32-29-23-21-19-17-15-13-11-9-7-2/h15,17,21,23,51,55H,6-14,16,18-20,22,24-50H2,1-5H3/p+1/b17-15-,23-21-. The van der Waals surface area contributed by atoms with Gasteiger partial charge in [-0.2, -0.15) is 0 Å². The second-order valence-electron chi connectivity index (χ2n) is 19.5. The Balaban J connectivity index is 4.26. The summed E-state index contributed by atoms with van der Waals surface area (Å²) < 4.78 is 22.8. The number of carbonyl (C=O) groups excluding carboxylic acids is 2. The predicted octanol–water partition coefficient (Wildman–Crippen LogP) is 15.2. The summed E-state index contributed by atoms with van der Waals surface area (Å²) in [5, 5.41) is 9.68. The minimum absolute atomic E-state index is 0.181. The number of esters is 2. The maximum Gasteiger partial charge on any atom is 0.361 e. The van der Waals surface area contributed by atoms with Gasteiger partial charge >= 0.3 is 17.9 Å². The SMILES string of the molecule is CCCCC/C=C\C/C=C\CCCCCCCCCC(=O)OC(COC(=O)CCCCCCCCCCCCCCCCCCCCCCCC)COC(OCC[N+](C)(C)C)C(=O)O. The van der Waals surface area contributed by atoms with E-state index in [9.17, 15) is 19.5 Å². The third kappa shape index (κ3) is 47.7. The number of carbonyl (C=O) groups is 3. The molecule has 0 aromatic rings. The molecule has 0 fully saturated rings. The van der Waals surface area contributed by atoms with Crippen molar-refractivity contribution in [3.8, 4) is 0 Å². The molecule has 2 unspecified atom stereocenters. The Hall–Kier alpha value is -2.23. The van der Waals surface area contributed by atoms with Crippen LogP contribution in [0.15, 0.2) is 24.3 Å². The number of rotatable bonds is 50. The van der Waals surface area contributed by atoms with Crippen molar-refractivity contribution >= 4 is 17.9 Å². The van der Waals surface area contributed by atoms with Crippen LogP contribution >= 0.6 is 0 Å². The van der Waals surface area contributed by atoms with Crippen LogP contribution in [-0.4, -0.2) is 87.4 Å². The fourth-order valence-corrected chi connectivity index (χ4v) is 7.75. The van der Waals surface area contributed by atoms with Gasteiger partial charge in [0.1, 0.15) is 13.2 Å². The van der Waals surface area contributed by atoms with Crippen LogP contribution in [0.5, 0.6) is 0 Å². The smallest absolute Gasteiger partial charge is 0.361 e. The molecular weight excluding hydrogens is 803 g/mol. The molecular formula is C55H104NO8+. The van der Waals surface area contributed by atoms with Crippen LogP contribution in [0.2, 0.25) is 0 Å². The van der Waals surface area contributed by atoms with Gasteiger partial charge < -0.3 is 28.5 Å². The zero-order valence-electron chi connectivity index (χ0n) is 42.7. The molecule has 0 saturated heterocycles. The fourth-order valence-electron chi connectivity index (χ4n) is 7.75. The summed E-state index contributed by atoms with van der Waals surface area (Å²) in [7, 11) is 5.97. The normalized spacial score (nSPS) is 13.0. The molecule has 2 atom stereocenters. The summed E-state index contributed by atoms with van der Waals surface area (Å²) in [5.41, 5.74) is 0. The Bertz CT molecular complexity index is 1100. The number of aliphatic carboxylic acids is 1. The molecule has 0 bridgehead atoms. The van der Waals surface area contributed by atoms with E-state index < -0.39 is 24.3 Å². The number of unbranched alkanes of at least 4 members (excludes halogenated alkanes) is 31. The predicted molar refractivity (Wildman–Crippen MR) is 268 cm³/mol. The van der Waals surface area contributed by atoms with Crippen LogP contribution in [0.1, 0.15) is 251 Å². The van der Waals surface area contributed by atoms with E-state index in [1.54, 1.807) is 0 Å². The van der Waals surface area contributed by atoms with Gasteiger partial charge in [-0.05, 0) is 44.9 Å². The van der Waals surface area contributed by atoms with E-state index >= 15 is 0 Å². The van der Waals surface area contributed by atoms with Gasteiger partial charge in [0, 0.05) is 12.8 Å². The van der Waals surface area contributed by atoms with Crippen molar-refractivity contribution in [2.75, 3.05) is 47.5 Å². The number of ether oxygens (including phenoxy) is 4. The molecule has 9 nitrogen and oxygen atoms in total. The third-order valence-corrected chi connectivity index (χ3v) is 12.0. The molecule has 0 radical (unpaired) electrons. The molecule has 9 heteroatoms. The van der Waals surface area contributed by atoms with Crippen LogP contribution in [0.4, 0.5) is 0 Å². The number of hydrogen-bond donors (Lipinski definition) is 1. The zero-order valence-corrected chi connectivity index (χ0v) is 42.7. The van der Waals surface area contributed by atoms with Gasteiger partial charge in [0.15, 0.2) is 6.10 Å². The highest BCUT2D eigenvalue weighted by atomic mass is 16.7. The van der Waals surface area contributed by atoms with Crippen molar-refractivity contribution < 1.29 is 42.9 Å². The van der Waals surface area contributed by atoms with Gasteiger partial charge in [0.25, 0.3) is 6.29 Å². The van der Waals surface area contributed by atoms with Crippen molar-refractivity contribution in [3.05, 3.63) is 24.3 Å². The Morgan fingerprint density at radius 3 is 1.27 bits per heavy atom. The maximum atomic E-state index is 12.8. The lowest BCUT2D eigenvalue weighted by atomic mass is 10.0. The molecule has 0 amide bonds. The number of carboxylic acid groups (broad SMARTS) is 1. The molecule has 376 valence electrons. The molecule has 0 aliphatic heterocycles. The van der Waals surface area contributed by atoms with Gasteiger partial charge in [0.2, 0.25) is 0 Å². The topological polar surface area (TPSA) is 108 Å². The van der Waals surface area contributed by atoms with E-state index in [0.29, 0.717) is 23.9 Å². The van der Waals surface area contributed by atoms with Crippen molar-refractivity contribution in [2.45, 2.75) is 264 Å². The average Bonchev–Trinajstić information content (AvgIpc) is 3.26. The zero-order chi connectivity index (χ0) is 47.0. The third-order valence-electron chi connectivity index (χ3n) is 12.0. The summed E-state index contributed by atoms with van der Waals surface area (Å²) in [6.45, 7) is 4.88. The number of quaternary nitrogens is 1. The second kappa shape index (κ2) is 47.3. The Kier molecular flexibility index (Phi) is 45.6. The first-order chi connectivity index (χ1) is 31.1. The van der Waals surface area contributed by atoms with Gasteiger partial charge in [-0.1, -0.05) is 218 Å². The second-order valence-corrected chi connectivity index (χ2v) is 19.5. The summed E-state index contributed by atoms with van der Waals surface area (Å²) in [5.74, 6) is -2.00. The average molecular weight is 907 g/mol. The number of nitrogens with zero attached hydrogens (tertiary/aromatic N) is 1. The monoisotopic (exact) mass is 907 g/mol. The summed E-state index contributed by atoms with van der Waals surface area (Å²) in [4.78, 5) is 37.3. The number of allylic oxidation sites excluding steroid dienone is 4. The lowest BCUT2D eigenvalue weighted by Gasteiger charge is -2.25. The molecule has 0 aliphatic rings. The summed E-state index contributed by atoms with van der Waals surface area (Å²) >= 11 is 0. The molecule has 0 aliphatic carbocycles. The largest absolute Gasteiger partial charge is 0.477 e. The van der Waals surface area contributed by atoms with Crippen LogP contribution in [0.3, 0.4) is 0 Å². The molecule has 0 rings (SSSR count). The minimum Gasteiger partial charge on any atom is -0.477 e. The molecule has 0 aromatic heterocycles. The fraction of sp³-hybridized carbons (Fsp3) is 0.873. The highest BCUT2D eigenvalue weighted by molar-refractivity contribution is 5.71. The van der Waals surface area contributed by atoms with Crippen LogP contribution in [0.25, 0.3) is 0 Å².